The van der Waals surface area contributed by atoms with Gasteiger partial charge in [0.2, 0.25) is 0 Å². The van der Waals surface area contributed by atoms with Gasteiger partial charge in [-0.15, -0.1) is 0 Å². The average Bonchev–Trinajstić information content (AvgIpc) is 2.45. The highest BCUT2D eigenvalue weighted by molar-refractivity contribution is 5.94. The Morgan fingerprint density at radius 2 is 1.95 bits per heavy atom. The van der Waals surface area contributed by atoms with E-state index in [1.165, 1.54) is 6.07 Å². The summed E-state index contributed by atoms with van der Waals surface area (Å²) in [6.07, 6.45) is 0. The van der Waals surface area contributed by atoms with Crippen LogP contribution in [0.2, 0.25) is 0 Å². The number of aromatic carboxylic acids is 1. The molecule has 21 heavy (non-hydrogen) atoms. The third kappa shape index (κ3) is 4.15. The number of hydrogen-bond acceptors (Lipinski definition) is 4. The number of carbonyl (C=O) groups is 1. The monoisotopic (exact) mass is 295 g/mol. The summed E-state index contributed by atoms with van der Waals surface area (Å²) >= 11 is 0. The molecule has 1 aromatic carbocycles. The smallest absolute Gasteiger partial charge is 0.337 e. The van der Waals surface area contributed by atoms with Gasteiger partial charge < -0.3 is 14.9 Å². The second kappa shape index (κ2) is 6.87. The van der Waals surface area contributed by atoms with Crippen molar-refractivity contribution in [2.24, 2.45) is 0 Å². The molecular formula is C15H22FN3O2. The third-order valence-corrected chi connectivity index (χ3v) is 3.77. The Bertz CT molecular complexity index is 500. The molecule has 1 aliphatic rings. The molecule has 0 bridgehead atoms. The van der Waals surface area contributed by atoms with Crippen LogP contribution in [-0.2, 0) is 0 Å². The van der Waals surface area contributed by atoms with Crippen LogP contribution in [0, 0.1) is 5.82 Å². The van der Waals surface area contributed by atoms with Crippen LogP contribution in [0.15, 0.2) is 18.2 Å². The Labute approximate surface area is 124 Å². The number of anilines is 1. The molecule has 0 aromatic heterocycles. The van der Waals surface area contributed by atoms with E-state index >= 15 is 0 Å². The van der Waals surface area contributed by atoms with Crippen LogP contribution in [-0.4, -0.2) is 74.2 Å². The van der Waals surface area contributed by atoms with Gasteiger partial charge in [-0.2, -0.15) is 0 Å². The van der Waals surface area contributed by atoms with E-state index in [1.807, 2.05) is 19.0 Å². The van der Waals surface area contributed by atoms with E-state index < -0.39 is 11.8 Å². The fourth-order valence-corrected chi connectivity index (χ4v) is 2.51. The van der Waals surface area contributed by atoms with Crippen LogP contribution < -0.4 is 4.90 Å². The van der Waals surface area contributed by atoms with Crippen LogP contribution in [0.1, 0.15) is 10.4 Å². The van der Waals surface area contributed by atoms with E-state index in [-0.39, 0.29) is 5.56 Å². The number of carboxylic acids is 1. The molecule has 1 aliphatic heterocycles. The summed E-state index contributed by atoms with van der Waals surface area (Å²) in [6, 6.07) is 3.98. The van der Waals surface area contributed by atoms with Gasteiger partial charge in [0.05, 0.1) is 11.3 Å². The first-order valence-electron chi connectivity index (χ1n) is 7.12. The molecule has 2 rings (SSSR count). The van der Waals surface area contributed by atoms with Crippen molar-refractivity contribution in [2.75, 3.05) is 58.3 Å². The zero-order valence-electron chi connectivity index (χ0n) is 12.5. The highest BCUT2D eigenvalue weighted by Crippen LogP contribution is 2.23. The predicted octanol–water partition coefficient (Wildman–Crippen LogP) is 1.21. The fourth-order valence-electron chi connectivity index (χ4n) is 2.51. The van der Waals surface area contributed by atoms with Gasteiger partial charge in [0.15, 0.2) is 0 Å². The SMILES string of the molecule is CN(C)CCN1CCN(c2ccc(F)cc2C(=O)O)CC1. The second-order valence-electron chi connectivity index (χ2n) is 5.60. The summed E-state index contributed by atoms with van der Waals surface area (Å²) < 4.78 is 13.2. The maximum absolute atomic E-state index is 13.2. The summed E-state index contributed by atoms with van der Waals surface area (Å²) in [4.78, 5) is 17.8. The Kier molecular flexibility index (Phi) is 5.14. The van der Waals surface area contributed by atoms with E-state index in [4.69, 9.17) is 0 Å². The molecule has 0 radical (unpaired) electrons. The molecule has 0 aliphatic carbocycles. The molecule has 116 valence electrons. The van der Waals surface area contributed by atoms with Crippen molar-refractivity contribution >= 4 is 11.7 Å². The van der Waals surface area contributed by atoms with Gasteiger partial charge in [0.25, 0.3) is 0 Å². The Hall–Kier alpha value is -1.66. The van der Waals surface area contributed by atoms with Gasteiger partial charge in [-0.05, 0) is 32.3 Å². The number of nitrogens with zero attached hydrogens (tertiary/aromatic N) is 3. The first-order chi connectivity index (χ1) is 9.97. The summed E-state index contributed by atoms with van der Waals surface area (Å²) in [5.41, 5.74) is 0.646. The Morgan fingerprint density at radius 1 is 1.29 bits per heavy atom. The van der Waals surface area contributed by atoms with Crippen molar-refractivity contribution in [1.82, 2.24) is 9.80 Å². The zero-order chi connectivity index (χ0) is 15.4. The molecule has 0 unspecified atom stereocenters. The van der Waals surface area contributed by atoms with Crippen LogP contribution in [0.25, 0.3) is 0 Å². The van der Waals surface area contributed by atoms with Gasteiger partial charge in [-0.3, -0.25) is 4.90 Å². The van der Waals surface area contributed by atoms with E-state index in [0.717, 1.165) is 45.3 Å². The zero-order valence-corrected chi connectivity index (χ0v) is 12.5. The summed E-state index contributed by atoms with van der Waals surface area (Å²) in [7, 11) is 4.10. The molecule has 0 saturated carbocycles. The lowest BCUT2D eigenvalue weighted by atomic mass is 10.1. The standard InChI is InChI=1S/C15H22FN3O2/c1-17(2)5-6-18-7-9-19(10-8-18)14-4-3-12(16)11-13(14)15(20)21/h3-4,11H,5-10H2,1-2H3,(H,20,21). The molecule has 1 fully saturated rings. The normalized spacial score (nSPS) is 16.5. The maximum atomic E-state index is 13.2. The van der Waals surface area contributed by atoms with Crippen LogP contribution in [0.4, 0.5) is 10.1 Å². The van der Waals surface area contributed by atoms with Gasteiger partial charge in [0, 0.05) is 39.3 Å². The molecule has 1 saturated heterocycles. The number of halogens is 1. The lowest BCUT2D eigenvalue weighted by Crippen LogP contribution is -2.48. The highest BCUT2D eigenvalue weighted by atomic mass is 19.1. The number of rotatable bonds is 5. The van der Waals surface area contributed by atoms with Gasteiger partial charge in [-0.25, -0.2) is 9.18 Å². The number of piperazine rings is 1. The minimum atomic E-state index is -1.08. The summed E-state index contributed by atoms with van der Waals surface area (Å²) in [5, 5.41) is 9.21. The minimum absolute atomic E-state index is 0.0386. The number of benzene rings is 1. The molecule has 6 heteroatoms. The molecule has 0 spiro atoms. The summed E-state index contributed by atoms with van der Waals surface area (Å²) in [5.74, 6) is -1.60. The van der Waals surface area contributed by atoms with Gasteiger partial charge >= 0.3 is 5.97 Å². The van der Waals surface area contributed by atoms with Crippen molar-refractivity contribution in [2.45, 2.75) is 0 Å². The molecule has 1 aromatic rings. The second-order valence-corrected chi connectivity index (χ2v) is 5.60. The van der Waals surface area contributed by atoms with Crippen molar-refractivity contribution in [3.05, 3.63) is 29.6 Å². The maximum Gasteiger partial charge on any atom is 0.337 e. The number of carboxylic acid groups (broad SMARTS) is 1. The Morgan fingerprint density at radius 3 is 2.52 bits per heavy atom. The number of likely N-dealkylation sites (N-methyl/N-ethyl adjacent to an activating group) is 1. The first-order valence-corrected chi connectivity index (χ1v) is 7.12. The molecule has 0 atom stereocenters. The highest BCUT2D eigenvalue weighted by Gasteiger charge is 2.21. The Balaban J connectivity index is 2.01. The lowest BCUT2D eigenvalue weighted by molar-refractivity contribution is 0.0696. The van der Waals surface area contributed by atoms with Gasteiger partial charge in [0.1, 0.15) is 5.82 Å². The molecule has 1 N–H and O–H groups in total. The fraction of sp³-hybridized carbons (Fsp3) is 0.533. The first kappa shape index (κ1) is 15.7. The molecule has 0 amide bonds. The predicted molar refractivity (Wildman–Crippen MR) is 80.6 cm³/mol. The van der Waals surface area contributed by atoms with Crippen molar-refractivity contribution in [1.29, 1.82) is 0 Å². The minimum Gasteiger partial charge on any atom is -0.478 e. The van der Waals surface area contributed by atoms with E-state index in [0.29, 0.717) is 5.69 Å². The van der Waals surface area contributed by atoms with Crippen LogP contribution in [0.5, 0.6) is 0 Å². The largest absolute Gasteiger partial charge is 0.478 e. The topological polar surface area (TPSA) is 47.0 Å². The molecular weight excluding hydrogens is 273 g/mol. The molecule has 1 heterocycles. The summed E-state index contributed by atoms with van der Waals surface area (Å²) in [6.45, 7) is 5.33. The van der Waals surface area contributed by atoms with Gasteiger partial charge in [-0.1, -0.05) is 0 Å². The van der Waals surface area contributed by atoms with Crippen LogP contribution >= 0.6 is 0 Å². The lowest BCUT2D eigenvalue weighted by Gasteiger charge is -2.37. The average molecular weight is 295 g/mol. The third-order valence-electron chi connectivity index (χ3n) is 3.77. The van der Waals surface area contributed by atoms with Crippen molar-refractivity contribution in [3.8, 4) is 0 Å². The van der Waals surface area contributed by atoms with Crippen molar-refractivity contribution < 1.29 is 14.3 Å². The van der Waals surface area contributed by atoms with Crippen LogP contribution in [0.3, 0.4) is 0 Å². The van der Waals surface area contributed by atoms with E-state index in [2.05, 4.69) is 9.80 Å². The van der Waals surface area contributed by atoms with E-state index in [9.17, 15) is 14.3 Å². The quantitative estimate of drug-likeness (QED) is 0.885. The molecule has 5 nitrogen and oxygen atoms in total. The number of hydrogen-bond donors (Lipinski definition) is 1. The van der Waals surface area contributed by atoms with E-state index in [1.54, 1.807) is 6.07 Å². The van der Waals surface area contributed by atoms with Crippen molar-refractivity contribution in [3.63, 3.8) is 0 Å².